The van der Waals surface area contributed by atoms with Gasteiger partial charge >= 0.3 is 0 Å². The van der Waals surface area contributed by atoms with Crippen LogP contribution < -0.4 is 10.7 Å². The Bertz CT molecular complexity index is 1030. The molecule has 1 heterocycles. The number of nitrogens with one attached hydrogen (secondary N) is 2. The second-order valence-corrected chi connectivity index (χ2v) is 5.62. The minimum Gasteiger partial charge on any atom is -0.360 e. The number of rotatable bonds is 2. The molecule has 0 aliphatic rings. The maximum atomic E-state index is 13.9. The molecule has 0 saturated carbocycles. The lowest BCUT2D eigenvalue weighted by Crippen LogP contribution is -2.23. The molecular formula is C17H11ClF2N2O2. The van der Waals surface area contributed by atoms with Crippen molar-refractivity contribution in [2.24, 2.45) is 0 Å². The molecule has 4 nitrogen and oxygen atoms in total. The number of carbonyl (C=O) groups excluding carboxylic acids is 1. The molecule has 122 valence electrons. The highest BCUT2D eigenvalue weighted by molar-refractivity contribution is 6.31. The highest BCUT2D eigenvalue weighted by Crippen LogP contribution is 2.23. The predicted octanol–water partition coefficient (Wildman–Crippen LogP) is 4.02. The molecule has 0 bridgehead atoms. The van der Waals surface area contributed by atoms with Gasteiger partial charge in [0.05, 0.1) is 10.9 Å². The Hall–Kier alpha value is -2.73. The van der Waals surface area contributed by atoms with E-state index in [-0.39, 0.29) is 16.5 Å². The molecule has 0 unspecified atom stereocenters. The third kappa shape index (κ3) is 2.76. The first-order chi connectivity index (χ1) is 11.4. The van der Waals surface area contributed by atoms with Crippen molar-refractivity contribution in [3.05, 3.63) is 74.5 Å². The van der Waals surface area contributed by atoms with E-state index in [2.05, 4.69) is 10.3 Å². The zero-order chi connectivity index (χ0) is 17.4. The molecule has 24 heavy (non-hydrogen) atoms. The van der Waals surface area contributed by atoms with E-state index < -0.39 is 23.0 Å². The fourth-order valence-electron chi connectivity index (χ4n) is 2.37. The van der Waals surface area contributed by atoms with Crippen molar-refractivity contribution in [2.45, 2.75) is 6.92 Å². The molecule has 0 spiro atoms. The number of H-pyrrole nitrogens is 1. The van der Waals surface area contributed by atoms with Crippen LogP contribution in [-0.4, -0.2) is 10.9 Å². The average molecular weight is 349 g/mol. The Morgan fingerprint density at radius 1 is 1.25 bits per heavy atom. The van der Waals surface area contributed by atoms with Crippen molar-refractivity contribution < 1.29 is 13.6 Å². The highest BCUT2D eigenvalue weighted by Gasteiger charge is 2.17. The summed E-state index contributed by atoms with van der Waals surface area (Å²) in [4.78, 5) is 27.3. The van der Waals surface area contributed by atoms with Gasteiger partial charge in [0.25, 0.3) is 5.91 Å². The molecule has 0 aliphatic heterocycles. The Kier molecular flexibility index (Phi) is 4.07. The maximum absolute atomic E-state index is 13.9. The number of pyridine rings is 1. The van der Waals surface area contributed by atoms with E-state index >= 15 is 0 Å². The van der Waals surface area contributed by atoms with Crippen LogP contribution in [-0.2, 0) is 0 Å². The van der Waals surface area contributed by atoms with Crippen LogP contribution in [0, 0.1) is 18.6 Å². The lowest BCUT2D eigenvalue weighted by molar-refractivity contribution is 0.102. The predicted molar refractivity (Wildman–Crippen MR) is 88.6 cm³/mol. The molecule has 3 rings (SSSR count). The zero-order valence-electron chi connectivity index (χ0n) is 12.4. The third-order valence-corrected chi connectivity index (χ3v) is 4.07. The molecule has 7 heteroatoms. The van der Waals surface area contributed by atoms with Gasteiger partial charge in [0.15, 0.2) is 0 Å². The SMILES string of the molecule is Cc1c(Cl)cccc1NC(=O)c1c[nH]c2cc(F)cc(F)c2c1=O. The van der Waals surface area contributed by atoms with Crippen molar-refractivity contribution in [3.8, 4) is 0 Å². The highest BCUT2D eigenvalue weighted by atomic mass is 35.5. The Morgan fingerprint density at radius 3 is 2.75 bits per heavy atom. The average Bonchev–Trinajstić information content (AvgIpc) is 2.51. The van der Waals surface area contributed by atoms with Crippen LogP contribution in [0.2, 0.25) is 5.02 Å². The monoisotopic (exact) mass is 348 g/mol. The number of hydrogen-bond donors (Lipinski definition) is 2. The summed E-state index contributed by atoms with van der Waals surface area (Å²) in [6.07, 6.45) is 1.12. The van der Waals surface area contributed by atoms with Crippen LogP contribution in [0.4, 0.5) is 14.5 Å². The summed E-state index contributed by atoms with van der Waals surface area (Å²) < 4.78 is 27.1. The van der Waals surface area contributed by atoms with Gasteiger partial charge in [-0.15, -0.1) is 0 Å². The van der Waals surface area contributed by atoms with Gasteiger partial charge < -0.3 is 10.3 Å². The van der Waals surface area contributed by atoms with E-state index in [0.717, 1.165) is 12.3 Å². The molecular weight excluding hydrogens is 338 g/mol. The molecule has 0 atom stereocenters. The van der Waals surface area contributed by atoms with Crippen LogP contribution in [0.25, 0.3) is 10.9 Å². The van der Waals surface area contributed by atoms with Crippen LogP contribution in [0.1, 0.15) is 15.9 Å². The van der Waals surface area contributed by atoms with Crippen LogP contribution in [0.5, 0.6) is 0 Å². The van der Waals surface area contributed by atoms with Crippen molar-refractivity contribution in [1.29, 1.82) is 0 Å². The minimum absolute atomic E-state index is 0.0204. The van der Waals surface area contributed by atoms with Crippen LogP contribution in [0.15, 0.2) is 41.3 Å². The second kappa shape index (κ2) is 6.05. The molecule has 1 aromatic heterocycles. The number of hydrogen-bond acceptors (Lipinski definition) is 2. The molecule has 0 radical (unpaired) electrons. The summed E-state index contributed by atoms with van der Waals surface area (Å²) in [7, 11) is 0. The van der Waals surface area contributed by atoms with Gasteiger partial charge in [-0.05, 0) is 30.7 Å². The molecule has 2 aromatic carbocycles. The summed E-state index contributed by atoms with van der Waals surface area (Å²) in [5.41, 5.74) is -0.0524. The van der Waals surface area contributed by atoms with Gasteiger partial charge in [-0.2, -0.15) is 0 Å². The molecule has 1 amide bonds. The maximum Gasteiger partial charge on any atom is 0.261 e. The number of aromatic amines is 1. The number of carbonyl (C=O) groups is 1. The van der Waals surface area contributed by atoms with Crippen molar-refractivity contribution in [3.63, 3.8) is 0 Å². The lowest BCUT2D eigenvalue weighted by atomic mass is 10.1. The fourth-order valence-corrected chi connectivity index (χ4v) is 2.54. The van der Waals surface area contributed by atoms with Gasteiger partial charge in [-0.25, -0.2) is 8.78 Å². The first-order valence-corrected chi connectivity index (χ1v) is 7.33. The first kappa shape index (κ1) is 16.1. The van der Waals surface area contributed by atoms with Crippen LogP contribution >= 0.6 is 11.6 Å². The van der Waals surface area contributed by atoms with E-state index in [1.54, 1.807) is 25.1 Å². The normalized spacial score (nSPS) is 10.8. The lowest BCUT2D eigenvalue weighted by Gasteiger charge is -2.10. The smallest absolute Gasteiger partial charge is 0.261 e. The largest absolute Gasteiger partial charge is 0.360 e. The summed E-state index contributed by atoms with van der Waals surface area (Å²) in [6, 6.07) is 6.53. The number of amides is 1. The number of benzene rings is 2. The Balaban J connectivity index is 2.06. The topological polar surface area (TPSA) is 62.0 Å². The van der Waals surface area contributed by atoms with Gasteiger partial charge in [0.2, 0.25) is 5.43 Å². The van der Waals surface area contributed by atoms with E-state index in [0.29, 0.717) is 22.3 Å². The van der Waals surface area contributed by atoms with Gasteiger partial charge in [0, 0.05) is 23.0 Å². The third-order valence-electron chi connectivity index (χ3n) is 3.66. The number of halogens is 3. The van der Waals surface area contributed by atoms with Crippen molar-refractivity contribution in [1.82, 2.24) is 4.98 Å². The van der Waals surface area contributed by atoms with Crippen molar-refractivity contribution >= 4 is 34.1 Å². The number of anilines is 1. The molecule has 3 aromatic rings. The number of fused-ring (bicyclic) bond motifs is 1. The molecule has 2 N–H and O–H groups in total. The van der Waals surface area contributed by atoms with E-state index in [4.69, 9.17) is 11.6 Å². The van der Waals surface area contributed by atoms with E-state index in [9.17, 15) is 18.4 Å². The van der Waals surface area contributed by atoms with E-state index in [1.165, 1.54) is 0 Å². The standard InChI is InChI=1S/C17H11ClF2N2O2/c1-8-11(18)3-2-4-13(8)22-17(24)10-7-21-14-6-9(19)5-12(20)15(14)16(10)23/h2-7H,1H3,(H,21,23)(H,22,24). The molecule has 0 aliphatic carbocycles. The minimum atomic E-state index is -1.03. The summed E-state index contributed by atoms with van der Waals surface area (Å²) in [5.74, 6) is -2.56. The summed E-state index contributed by atoms with van der Waals surface area (Å²) in [5, 5.41) is 2.66. The second-order valence-electron chi connectivity index (χ2n) is 5.21. The van der Waals surface area contributed by atoms with Gasteiger partial charge in [-0.3, -0.25) is 9.59 Å². The van der Waals surface area contributed by atoms with Gasteiger partial charge in [0.1, 0.15) is 17.2 Å². The zero-order valence-corrected chi connectivity index (χ0v) is 13.2. The summed E-state index contributed by atoms with van der Waals surface area (Å²) >= 11 is 5.98. The Labute approximate surface area is 140 Å². The summed E-state index contributed by atoms with van der Waals surface area (Å²) in [6.45, 7) is 1.71. The van der Waals surface area contributed by atoms with E-state index in [1.807, 2.05) is 0 Å². The quantitative estimate of drug-likeness (QED) is 0.734. The number of aromatic nitrogens is 1. The molecule has 0 fully saturated rings. The van der Waals surface area contributed by atoms with Crippen LogP contribution in [0.3, 0.4) is 0 Å². The van der Waals surface area contributed by atoms with Gasteiger partial charge in [-0.1, -0.05) is 17.7 Å². The molecule has 0 saturated heterocycles. The Morgan fingerprint density at radius 2 is 2.00 bits per heavy atom. The first-order valence-electron chi connectivity index (χ1n) is 6.95. The fraction of sp³-hybridized carbons (Fsp3) is 0.0588. The van der Waals surface area contributed by atoms with Crippen molar-refractivity contribution in [2.75, 3.05) is 5.32 Å².